The van der Waals surface area contributed by atoms with E-state index in [9.17, 15) is 14.7 Å². The third kappa shape index (κ3) is 2.32. The average molecular weight is 305 g/mol. The van der Waals surface area contributed by atoms with Crippen molar-refractivity contribution in [2.24, 2.45) is 10.9 Å². The highest BCUT2D eigenvalue weighted by Crippen LogP contribution is 2.29. The van der Waals surface area contributed by atoms with Crippen LogP contribution in [-0.2, 0) is 4.79 Å². The third-order valence-electron chi connectivity index (χ3n) is 4.11. The molecule has 0 aromatic carbocycles. The summed E-state index contributed by atoms with van der Waals surface area (Å²) in [7, 11) is 1.44. The monoisotopic (exact) mass is 305 g/mol. The number of carbonyl (C=O) groups excluding carboxylic acids is 1. The SMILES string of the molecule is COc1cnc(C2=NC(C)(C(C)C)C(=O)N2)c(C(=O)O)c1C. The molecular formula is C15H19N3O4. The zero-order valence-corrected chi connectivity index (χ0v) is 13.2. The van der Waals surface area contributed by atoms with Crippen molar-refractivity contribution in [1.82, 2.24) is 10.3 Å². The lowest BCUT2D eigenvalue weighted by Gasteiger charge is -2.21. The fraction of sp³-hybridized carbons (Fsp3) is 0.467. The first-order chi connectivity index (χ1) is 10.2. The minimum atomic E-state index is -1.14. The van der Waals surface area contributed by atoms with Crippen molar-refractivity contribution in [3.8, 4) is 5.75 Å². The summed E-state index contributed by atoms with van der Waals surface area (Å²) in [6.45, 7) is 7.12. The Morgan fingerprint density at radius 2 is 2.09 bits per heavy atom. The first kappa shape index (κ1) is 15.9. The zero-order chi connectivity index (χ0) is 16.7. The van der Waals surface area contributed by atoms with Crippen LogP contribution in [0, 0.1) is 12.8 Å². The number of nitrogens with zero attached hydrogens (tertiary/aromatic N) is 2. The molecule has 118 valence electrons. The number of hydrogen-bond donors (Lipinski definition) is 2. The molecule has 1 aromatic heterocycles. The van der Waals surface area contributed by atoms with Crippen LogP contribution in [0.4, 0.5) is 0 Å². The number of carboxylic acids is 1. The van der Waals surface area contributed by atoms with E-state index in [4.69, 9.17) is 4.74 Å². The largest absolute Gasteiger partial charge is 0.495 e. The molecule has 1 unspecified atom stereocenters. The molecule has 22 heavy (non-hydrogen) atoms. The molecule has 2 rings (SSSR count). The Morgan fingerprint density at radius 1 is 1.45 bits per heavy atom. The summed E-state index contributed by atoms with van der Waals surface area (Å²) < 4.78 is 5.10. The molecule has 0 aliphatic carbocycles. The molecule has 1 atom stereocenters. The van der Waals surface area contributed by atoms with Gasteiger partial charge in [0.1, 0.15) is 17.0 Å². The summed E-state index contributed by atoms with van der Waals surface area (Å²) in [5.41, 5.74) is -0.370. The predicted octanol–water partition coefficient (Wildman–Crippen LogP) is 1.39. The lowest BCUT2D eigenvalue weighted by Crippen LogP contribution is -2.41. The number of amidine groups is 1. The van der Waals surface area contributed by atoms with Crippen molar-refractivity contribution in [2.75, 3.05) is 7.11 Å². The van der Waals surface area contributed by atoms with Crippen LogP contribution in [0.3, 0.4) is 0 Å². The van der Waals surface area contributed by atoms with Crippen LogP contribution >= 0.6 is 0 Å². The number of nitrogens with one attached hydrogen (secondary N) is 1. The van der Waals surface area contributed by atoms with Gasteiger partial charge in [-0.2, -0.15) is 0 Å². The molecule has 0 bridgehead atoms. The number of rotatable bonds is 4. The van der Waals surface area contributed by atoms with Gasteiger partial charge in [-0.1, -0.05) is 13.8 Å². The first-order valence-corrected chi connectivity index (χ1v) is 6.91. The predicted molar refractivity (Wildman–Crippen MR) is 80.4 cm³/mol. The van der Waals surface area contributed by atoms with Crippen molar-refractivity contribution in [3.05, 3.63) is 23.0 Å². The number of aromatic carboxylic acids is 1. The Balaban J connectivity index is 2.62. The van der Waals surface area contributed by atoms with E-state index < -0.39 is 11.5 Å². The van der Waals surface area contributed by atoms with Crippen molar-refractivity contribution in [2.45, 2.75) is 33.2 Å². The van der Waals surface area contributed by atoms with Gasteiger partial charge in [0, 0.05) is 5.56 Å². The molecule has 0 radical (unpaired) electrons. The van der Waals surface area contributed by atoms with E-state index in [0.29, 0.717) is 11.3 Å². The van der Waals surface area contributed by atoms with E-state index in [1.807, 2.05) is 13.8 Å². The maximum absolute atomic E-state index is 12.2. The van der Waals surface area contributed by atoms with Gasteiger partial charge in [0.15, 0.2) is 5.84 Å². The van der Waals surface area contributed by atoms with E-state index >= 15 is 0 Å². The number of hydrogen-bond acceptors (Lipinski definition) is 5. The minimum absolute atomic E-state index is 0.0218. The van der Waals surface area contributed by atoms with Gasteiger partial charge in [-0.25, -0.2) is 14.8 Å². The summed E-state index contributed by atoms with van der Waals surface area (Å²) in [4.78, 5) is 32.3. The smallest absolute Gasteiger partial charge is 0.338 e. The van der Waals surface area contributed by atoms with E-state index in [-0.39, 0.29) is 28.9 Å². The molecule has 0 fully saturated rings. The number of aliphatic imine (C=N–C) groups is 1. The molecule has 7 heteroatoms. The van der Waals surface area contributed by atoms with Crippen LogP contribution in [0.15, 0.2) is 11.2 Å². The van der Waals surface area contributed by atoms with Crippen LogP contribution in [0.25, 0.3) is 0 Å². The first-order valence-electron chi connectivity index (χ1n) is 6.91. The maximum atomic E-state index is 12.2. The van der Waals surface area contributed by atoms with E-state index in [1.54, 1.807) is 13.8 Å². The van der Waals surface area contributed by atoms with Gasteiger partial charge in [-0.05, 0) is 19.8 Å². The number of carbonyl (C=O) groups is 2. The van der Waals surface area contributed by atoms with E-state index in [2.05, 4.69) is 15.3 Å². The summed E-state index contributed by atoms with van der Waals surface area (Å²) in [6.07, 6.45) is 1.43. The third-order valence-corrected chi connectivity index (χ3v) is 4.11. The molecule has 2 heterocycles. The Kier molecular flexibility index (Phi) is 3.91. The van der Waals surface area contributed by atoms with Gasteiger partial charge >= 0.3 is 5.97 Å². The lowest BCUT2D eigenvalue weighted by atomic mass is 9.89. The molecule has 0 spiro atoms. The standard InChI is InChI=1S/C15H19N3O4/c1-7(2)15(4)14(21)17-12(18-15)11-10(13(19)20)8(3)9(22-5)6-16-11/h6-7H,1-5H3,(H,19,20)(H,17,18,21). The summed E-state index contributed by atoms with van der Waals surface area (Å²) in [6, 6.07) is 0. The molecule has 1 aliphatic rings. The topological polar surface area (TPSA) is 101 Å². The maximum Gasteiger partial charge on any atom is 0.338 e. The second kappa shape index (κ2) is 5.40. The van der Waals surface area contributed by atoms with E-state index in [1.165, 1.54) is 13.3 Å². The Labute approximate surface area is 128 Å². The van der Waals surface area contributed by atoms with Gasteiger partial charge in [0.05, 0.1) is 18.9 Å². The lowest BCUT2D eigenvalue weighted by molar-refractivity contribution is -0.124. The number of pyridine rings is 1. The summed E-state index contributed by atoms with van der Waals surface area (Å²) >= 11 is 0. The highest BCUT2D eigenvalue weighted by atomic mass is 16.5. The molecule has 1 aliphatic heterocycles. The molecular weight excluding hydrogens is 286 g/mol. The molecule has 0 saturated heterocycles. The second-order valence-electron chi connectivity index (χ2n) is 5.70. The summed E-state index contributed by atoms with van der Waals surface area (Å²) in [5, 5.41) is 12.1. The number of amides is 1. The van der Waals surface area contributed by atoms with Crippen molar-refractivity contribution < 1.29 is 19.4 Å². The second-order valence-corrected chi connectivity index (χ2v) is 5.70. The van der Waals surface area contributed by atoms with Crippen LogP contribution in [0.1, 0.15) is 42.4 Å². The fourth-order valence-corrected chi connectivity index (χ4v) is 2.28. The summed E-state index contributed by atoms with van der Waals surface area (Å²) in [5.74, 6) is -0.877. The Morgan fingerprint density at radius 3 is 2.55 bits per heavy atom. The van der Waals surface area contributed by atoms with Crippen LogP contribution < -0.4 is 10.1 Å². The van der Waals surface area contributed by atoms with Gasteiger partial charge in [0.2, 0.25) is 0 Å². The molecule has 7 nitrogen and oxygen atoms in total. The molecule has 1 amide bonds. The van der Waals surface area contributed by atoms with Gasteiger partial charge in [-0.15, -0.1) is 0 Å². The highest BCUT2D eigenvalue weighted by molar-refractivity contribution is 6.17. The average Bonchev–Trinajstić information content (AvgIpc) is 2.75. The molecule has 0 saturated carbocycles. The van der Waals surface area contributed by atoms with Crippen molar-refractivity contribution in [3.63, 3.8) is 0 Å². The number of ether oxygens (including phenoxy) is 1. The van der Waals surface area contributed by atoms with E-state index in [0.717, 1.165) is 0 Å². The number of aromatic nitrogens is 1. The fourth-order valence-electron chi connectivity index (χ4n) is 2.28. The van der Waals surface area contributed by atoms with Crippen LogP contribution in [0.2, 0.25) is 0 Å². The quantitative estimate of drug-likeness (QED) is 0.875. The van der Waals surface area contributed by atoms with Crippen LogP contribution in [-0.4, -0.2) is 40.5 Å². The molecule has 2 N–H and O–H groups in total. The van der Waals surface area contributed by atoms with Gasteiger partial charge in [-0.3, -0.25) is 4.79 Å². The Bertz CT molecular complexity index is 682. The van der Waals surface area contributed by atoms with Gasteiger partial charge < -0.3 is 15.2 Å². The van der Waals surface area contributed by atoms with Crippen LogP contribution in [0.5, 0.6) is 5.75 Å². The Hall–Kier alpha value is -2.44. The van der Waals surface area contributed by atoms with Crippen molar-refractivity contribution in [1.29, 1.82) is 0 Å². The van der Waals surface area contributed by atoms with Crippen molar-refractivity contribution >= 4 is 17.7 Å². The number of carboxylic acid groups (broad SMARTS) is 1. The normalized spacial score (nSPS) is 20.8. The highest BCUT2D eigenvalue weighted by Gasteiger charge is 2.43. The van der Waals surface area contributed by atoms with Gasteiger partial charge in [0.25, 0.3) is 5.91 Å². The zero-order valence-electron chi connectivity index (χ0n) is 13.2. The number of methoxy groups -OCH3 is 1. The molecule has 1 aromatic rings. The minimum Gasteiger partial charge on any atom is -0.495 e.